The molecule has 0 aromatic carbocycles. The van der Waals surface area contributed by atoms with E-state index in [0.29, 0.717) is 69.8 Å². The summed E-state index contributed by atoms with van der Waals surface area (Å²) in [6.45, 7) is 13.3. The Kier molecular flexibility index (Phi) is 17.6. The van der Waals surface area contributed by atoms with Crippen LogP contribution in [0.3, 0.4) is 0 Å². The lowest BCUT2D eigenvalue weighted by Crippen LogP contribution is -2.48. The molecule has 3 atom stereocenters. The smallest absolute Gasteiger partial charge is 0.408 e. The largest absolute Gasteiger partial charge is 0.464 e. The summed E-state index contributed by atoms with van der Waals surface area (Å²) in [6, 6.07) is -0.313. The number of nitrogens with zero attached hydrogens (tertiary/aromatic N) is 3. The van der Waals surface area contributed by atoms with E-state index >= 15 is 0 Å². The van der Waals surface area contributed by atoms with E-state index in [2.05, 4.69) is 25.5 Å². The van der Waals surface area contributed by atoms with Gasteiger partial charge >= 0.3 is 12.1 Å². The predicted molar refractivity (Wildman–Crippen MR) is 160 cm³/mol. The number of ether oxygens (including phenoxy) is 3. The van der Waals surface area contributed by atoms with E-state index in [1.165, 1.54) is 0 Å². The molecule has 2 amide bonds. The number of aliphatic imine (C=N–C) groups is 2. The molecule has 1 fully saturated rings. The molecule has 1 aliphatic heterocycles. The molecule has 13 nitrogen and oxygen atoms in total. The van der Waals surface area contributed by atoms with Gasteiger partial charge in [0.25, 0.3) is 0 Å². The molecule has 1 aliphatic rings. The molecule has 0 aromatic rings. The summed E-state index contributed by atoms with van der Waals surface area (Å²) in [5.74, 6) is 0.543. The Balaban J connectivity index is 2.18. The molecule has 0 radical (unpaired) electrons. The Morgan fingerprint density at radius 3 is 2.37 bits per heavy atom. The van der Waals surface area contributed by atoms with Crippen molar-refractivity contribution in [3.8, 4) is 0 Å². The zero-order chi connectivity index (χ0) is 30.7. The maximum absolute atomic E-state index is 12.8. The van der Waals surface area contributed by atoms with Crippen molar-refractivity contribution in [1.29, 1.82) is 0 Å². The van der Waals surface area contributed by atoms with Crippen LogP contribution in [0.2, 0.25) is 0 Å². The number of alkyl carbamates (subject to hydrolysis) is 1. The lowest BCUT2D eigenvalue weighted by Gasteiger charge is -2.23. The minimum Gasteiger partial charge on any atom is -0.464 e. The summed E-state index contributed by atoms with van der Waals surface area (Å²) in [6.07, 6.45) is 4.50. The molecule has 13 heteroatoms. The highest BCUT2D eigenvalue weighted by Gasteiger charge is 2.33. The molecule has 1 rings (SSSR count). The van der Waals surface area contributed by atoms with Crippen LogP contribution in [0.25, 0.3) is 0 Å². The van der Waals surface area contributed by atoms with Crippen LogP contribution >= 0.6 is 0 Å². The molecule has 236 valence electrons. The van der Waals surface area contributed by atoms with Crippen LogP contribution in [-0.4, -0.2) is 105 Å². The van der Waals surface area contributed by atoms with Crippen molar-refractivity contribution in [1.82, 2.24) is 15.5 Å². The SMILES string of the molecule is CC(N)=NCCCCC(NC(=O)OC(C)(C)C)C(=O)NCCOCC1CN1CCCCCC(=O)OCCN=C(C)N. The highest BCUT2D eigenvalue weighted by molar-refractivity contribution is 5.85. The van der Waals surface area contributed by atoms with Gasteiger partial charge in [0.05, 0.1) is 31.4 Å². The fraction of sp³-hybridized carbons (Fsp3) is 0.821. The quantitative estimate of drug-likeness (QED) is 0.0514. The van der Waals surface area contributed by atoms with E-state index in [4.69, 9.17) is 25.7 Å². The van der Waals surface area contributed by atoms with Gasteiger partial charge in [0, 0.05) is 32.1 Å². The molecule has 41 heavy (non-hydrogen) atoms. The van der Waals surface area contributed by atoms with E-state index in [0.717, 1.165) is 38.8 Å². The topological polar surface area (TPSA) is 183 Å². The van der Waals surface area contributed by atoms with Gasteiger partial charge in [-0.2, -0.15) is 0 Å². The Labute approximate surface area is 245 Å². The molecule has 6 N–H and O–H groups in total. The molecule has 0 bridgehead atoms. The Bertz CT molecular complexity index is 851. The van der Waals surface area contributed by atoms with Crippen molar-refractivity contribution in [2.24, 2.45) is 21.5 Å². The van der Waals surface area contributed by atoms with Crippen molar-refractivity contribution >= 4 is 29.6 Å². The summed E-state index contributed by atoms with van der Waals surface area (Å²) in [4.78, 5) is 47.2. The Hall–Kier alpha value is -2.93. The minimum atomic E-state index is -0.705. The Morgan fingerprint density at radius 2 is 1.68 bits per heavy atom. The summed E-state index contributed by atoms with van der Waals surface area (Å²) in [5, 5.41) is 5.53. The fourth-order valence-electron chi connectivity index (χ4n) is 3.89. The summed E-state index contributed by atoms with van der Waals surface area (Å²) < 4.78 is 16.2. The van der Waals surface area contributed by atoms with E-state index in [-0.39, 0.29) is 18.5 Å². The molecule has 1 heterocycles. The van der Waals surface area contributed by atoms with Crippen LogP contribution < -0.4 is 22.1 Å². The van der Waals surface area contributed by atoms with Crippen LogP contribution in [0.15, 0.2) is 9.98 Å². The first kappa shape index (κ1) is 36.1. The number of nitrogens with one attached hydrogen (secondary N) is 2. The highest BCUT2D eigenvalue weighted by Crippen LogP contribution is 2.18. The number of hydrogen-bond donors (Lipinski definition) is 4. The first-order chi connectivity index (χ1) is 19.4. The van der Waals surface area contributed by atoms with Gasteiger partial charge in [-0.3, -0.25) is 24.5 Å². The zero-order valence-corrected chi connectivity index (χ0v) is 25.7. The molecule has 0 aliphatic carbocycles. The fourth-order valence-corrected chi connectivity index (χ4v) is 3.89. The molecular formula is C28H53N7O6. The number of carbonyl (C=O) groups is 3. The van der Waals surface area contributed by atoms with Gasteiger partial charge in [-0.05, 0) is 73.3 Å². The maximum atomic E-state index is 12.8. The molecular weight excluding hydrogens is 530 g/mol. The van der Waals surface area contributed by atoms with E-state index < -0.39 is 17.7 Å². The van der Waals surface area contributed by atoms with Crippen LogP contribution in [0.5, 0.6) is 0 Å². The van der Waals surface area contributed by atoms with Crippen molar-refractivity contribution < 1.29 is 28.6 Å². The zero-order valence-electron chi connectivity index (χ0n) is 25.7. The molecule has 0 spiro atoms. The lowest BCUT2D eigenvalue weighted by atomic mass is 10.1. The van der Waals surface area contributed by atoms with Crippen molar-refractivity contribution in [2.45, 2.75) is 97.2 Å². The normalized spacial score (nSPS) is 18.0. The number of nitrogens with two attached hydrogens (primary N) is 2. The molecule has 0 aromatic heterocycles. The molecule has 0 saturated carbocycles. The number of carbonyl (C=O) groups excluding carboxylic acids is 3. The minimum absolute atomic E-state index is 0.195. The standard InChI is InChI=1S/C28H53N7O6/c1-21(29)31-13-9-8-11-24(34-27(38)41-28(3,4)5)26(37)33-14-17-39-20-23-19-35(23)16-10-6-7-12-25(36)40-18-15-32-22(2)30/h23-24H,6-20H2,1-5H3,(H2,29,31)(H2,30,32)(H,33,37)(H,34,38). The summed E-state index contributed by atoms with van der Waals surface area (Å²) in [7, 11) is 0. The van der Waals surface area contributed by atoms with Crippen LogP contribution in [-0.2, 0) is 23.8 Å². The van der Waals surface area contributed by atoms with Gasteiger partial charge in [-0.15, -0.1) is 0 Å². The highest BCUT2D eigenvalue weighted by atomic mass is 16.6. The first-order valence-electron chi connectivity index (χ1n) is 14.6. The third-order valence-electron chi connectivity index (χ3n) is 6.00. The number of amidine groups is 2. The summed E-state index contributed by atoms with van der Waals surface area (Å²) in [5.41, 5.74) is 10.3. The monoisotopic (exact) mass is 583 g/mol. The van der Waals surface area contributed by atoms with Crippen LogP contribution in [0, 0.1) is 0 Å². The summed E-state index contributed by atoms with van der Waals surface area (Å²) >= 11 is 0. The number of rotatable bonds is 21. The van der Waals surface area contributed by atoms with Crippen molar-refractivity contribution in [3.63, 3.8) is 0 Å². The average molecular weight is 584 g/mol. The van der Waals surface area contributed by atoms with E-state index in [1.54, 1.807) is 34.6 Å². The average Bonchev–Trinajstić information content (AvgIpc) is 3.61. The van der Waals surface area contributed by atoms with Gasteiger partial charge in [-0.1, -0.05) is 6.42 Å². The van der Waals surface area contributed by atoms with Gasteiger partial charge in [0.1, 0.15) is 18.2 Å². The van der Waals surface area contributed by atoms with Crippen LogP contribution in [0.4, 0.5) is 4.79 Å². The second kappa shape index (κ2) is 20.0. The maximum Gasteiger partial charge on any atom is 0.408 e. The lowest BCUT2D eigenvalue weighted by molar-refractivity contribution is -0.143. The van der Waals surface area contributed by atoms with Gasteiger partial charge in [0.2, 0.25) is 5.91 Å². The van der Waals surface area contributed by atoms with Gasteiger partial charge in [0.15, 0.2) is 0 Å². The van der Waals surface area contributed by atoms with Crippen LogP contribution in [0.1, 0.15) is 79.6 Å². The van der Waals surface area contributed by atoms with Gasteiger partial charge in [-0.25, -0.2) is 4.79 Å². The molecule has 1 saturated heterocycles. The second-order valence-electron chi connectivity index (χ2n) is 11.3. The number of amides is 2. The number of esters is 1. The Morgan fingerprint density at radius 1 is 0.976 bits per heavy atom. The number of unbranched alkanes of at least 4 members (excludes halogenated alkanes) is 3. The third-order valence-corrected chi connectivity index (χ3v) is 6.00. The van der Waals surface area contributed by atoms with Crippen molar-refractivity contribution in [2.75, 3.05) is 52.5 Å². The van der Waals surface area contributed by atoms with E-state index in [1.807, 2.05) is 0 Å². The van der Waals surface area contributed by atoms with Gasteiger partial charge < -0.3 is 36.3 Å². The third kappa shape index (κ3) is 20.6. The predicted octanol–water partition coefficient (Wildman–Crippen LogP) is 1.72. The number of hydrogen-bond acceptors (Lipinski definition) is 9. The molecule has 3 unspecified atom stereocenters. The van der Waals surface area contributed by atoms with E-state index in [9.17, 15) is 14.4 Å². The first-order valence-corrected chi connectivity index (χ1v) is 14.6. The second-order valence-corrected chi connectivity index (χ2v) is 11.3. The van der Waals surface area contributed by atoms with Crippen molar-refractivity contribution in [3.05, 3.63) is 0 Å².